The third-order valence-corrected chi connectivity index (χ3v) is 4.73. The van der Waals surface area contributed by atoms with E-state index in [9.17, 15) is 5.02 Å². The maximum Gasteiger partial charge on any atom is 0.376 e. The molecule has 0 amide bonds. The maximum atomic E-state index is 9.45. The van der Waals surface area contributed by atoms with Crippen LogP contribution in [0, 0.1) is 0 Å². The van der Waals surface area contributed by atoms with Crippen LogP contribution in [0.2, 0.25) is 6.82 Å². The molecule has 0 aliphatic rings. The molecule has 1 N–H and O–H groups in total. The molecule has 0 bridgehead atoms. The van der Waals surface area contributed by atoms with Crippen molar-refractivity contribution in [2.75, 3.05) is 53.9 Å². The summed E-state index contributed by atoms with van der Waals surface area (Å²) in [5.74, 6) is 0. The summed E-state index contributed by atoms with van der Waals surface area (Å²) in [5.41, 5.74) is 0. The lowest BCUT2D eigenvalue weighted by molar-refractivity contribution is 0.241. The Hall–Kier alpha value is -0.0951. The van der Waals surface area contributed by atoms with Crippen LogP contribution in [-0.4, -0.2) is 80.6 Å². The fourth-order valence-electron chi connectivity index (χ4n) is 2.60. The summed E-state index contributed by atoms with van der Waals surface area (Å²) < 4.78 is 0. The van der Waals surface area contributed by atoms with Crippen molar-refractivity contribution >= 4 is 7.05 Å². The van der Waals surface area contributed by atoms with E-state index < -0.39 is 0 Å². The molecule has 0 saturated carbocycles. The lowest BCUT2D eigenvalue weighted by Crippen LogP contribution is -2.40. The second kappa shape index (κ2) is 15.4. The molecule has 0 aromatic carbocycles. The molecule has 0 aromatic heterocycles. The zero-order chi connectivity index (χ0) is 17.5. The maximum absolute atomic E-state index is 9.45. The molecule has 0 rings (SSSR count). The summed E-state index contributed by atoms with van der Waals surface area (Å²) in [7, 11) is 6.01. The van der Waals surface area contributed by atoms with E-state index >= 15 is 0 Å². The van der Waals surface area contributed by atoms with Gasteiger partial charge in [0.15, 0.2) is 0 Å². The summed E-state index contributed by atoms with van der Waals surface area (Å²) in [6.45, 7) is 9.46. The van der Waals surface area contributed by atoms with Crippen molar-refractivity contribution in [1.29, 1.82) is 0 Å². The van der Waals surface area contributed by atoms with Crippen LogP contribution in [0.1, 0.15) is 58.3 Å². The van der Waals surface area contributed by atoms with E-state index in [4.69, 9.17) is 0 Å². The molecule has 138 valence electrons. The van der Waals surface area contributed by atoms with Crippen LogP contribution < -0.4 is 0 Å². The molecule has 0 heterocycles. The summed E-state index contributed by atoms with van der Waals surface area (Å²) in [6.07, 6.45) is 11.1. The zero-order valence-electron chi connectivity index (χ0n) is 16.6. The lowest BCUT2D eigenvalue weighted by Gasteiger charge is -2.24. The third kappa shape index (κ3) is 15.2. The molecular formula is C18H42BN3O. The molecule has 0 saturated heterocycles. The van der Waals surface area contributed by atoms with Crippen LogP contribution in [0.15, 0.2) is 0 Å². The fourth-order valence-corrected chi connectivity index (χ4v) is 2.60. The first kappa shape index (κ1) is 22.9. The fraction of sp³-hybridized carbons (Fsp3) is 1.00. The van der Waals surface area contributed by atoms with Gasteiger partial charge in [-0.2, -0.15) is 0 Å². The van der Waals surface area contributed by atoms with Gasteiger partial charge >= 0.3 is 7.05 Å². The van der Waals surface area contributed by atoms with Gasteiger partial charge < -0.3 is 19.6 Å². The minimum atomic E-state index is -0.354. The molecule has 0 radical (unpaired) electrons. The van der Waals surface area contributed by atoms with Gasteiger partial charge in [0.2, 0.25) is 0 Å². The van der Waals surface area contributed by atoms with Crippen molar-refractivity contribution in [3.05, 3.63) is 0 Å². The van der Waals surface area contributed by atoms with Crippen molar-refractivity contribution in [2.24, 2.45) is 0 Å². The molecule has 0 fully saturated rings. The van der Waals surface area contributed by atoms with Crippen LogP contribution in [0.25, 0.3) is 0 Å². The van der Waals surface area contributed by atoms with Gasteiger partial charge in [0.25, 0.3) is 0 Å². The topological polar surface area (TPSA) is 30.0 Å². The average Bonchev–Trinajstić information content (AvgIpc) is 2.52. The number of nitrogens with zero attached hydrogens (tertiary/aromatic N) is 3. The Bertz CT molecular complexity index is 254. The molecule has 0 atom stereocenters. The standard InChI is InChI=1S/C18H42BN3O/c1-6-7-8-9-10-11-12-13-14-20(3)15-16-21(4)17-18-22(5)19(2)23/h23H,6-18H2,1-5H3. The van der Waals surface area contributed by atoms with E-state index in [1.54, 1.807) is 0 Å². The minimum absolute atomic E-state index is 0.354. The Kier molecular flexibility index (Phi) is 15.4. The number of likely N-dealkylation sites (N-methyl/N-ethyl adjacent to an activating group) is 3. The van der Waals surface area contributed by atoms with E-state index in [2.05, 4.69) is 30.8 Å². The van der Waals surface area contributed by atoms with Gasteiger partial charge in [-0.15, -0.1) is 0 Å². The molecular weight excluding hydrogens is 285 g/mol. The number of unbranched alkanes of at least 4 members (excludes halogenated alkanes) is 7. The van der Waals surface area contributed by atoms with Gasteiger partial charge in [0.05, 0.1) is 0 Å². The molecule has 0 unspecified atom stereocenters. The summed E-state index contributed by atoms with van der Waals surface area (Å²) in [4.78, 5) is 6.77. The Labute approximate surface area is 146 Å². The van der Waals surface area contributed by atoms with Gasteiger partial charge in [-0.05, 0) is 40.9 Å². The second-order valence-corrected chi connectivity index (χ2v) is 7.19. The molecule has 0 aliphatic heterocycles. The van der Waals surface area contributed by atoms with Gasteiger partial charge in [-0.1, -0.05) is 51.9 Å². The molecule has 23 heavy (non-hydrogen) atoms. The van der Waals surface area contributed by atoms with E-state index in [0.29, 0.717) is 0 Å². The van der Waals surface area contributed by atoms with E-state index in [1.165, 1.54) is 57.9 Å². The van der Waals surface area contributed by atoms with Crippen LogP contribution in [0.3, 0.4) is 0 Å². The molecule has 5 heteroatoms. The first-order chi connectivity index (χ1) is 11.0. The first-order valence-electron chi connectivity index (χ1n) is 9.72. The van der Waals surface area contributed by atoms with E-state index in [1.807, 2.05) is 18.7 Å². The Morgan fingerprint density at radius 1 is 0.652 bits per heavy atom. The summed E-state index contributed by atoms with van der Waals surface area (Å²) >= 11 is 0. The normalized spacial score (nSPS) is 11.9. The summed E-state index contributed by atoms with van der Waals surface area (Å²) in [6, 6.07) is 0. The van der Waals surface area contributed by atoms with Crippen LogP contribution in [0.5, 0.6) is 0 Å². The summed E-state index contributed by atoms with van der Waals surface area (Å²) in [5, 5.41) is 9.45. The van der Waals surface area contributed by atoms with Crippen molar-refractivity contribution in [3.8, 4) is 0 Å². The molecule has 0 aliphatic carbocycles. The Balaban J connectivity index is 3.43. The highest BCUT2D eigenvalue weighted by Crippen LogP contribution is 2.08. The molecule has 0 aromatic rings. The molecule has 0 spiro atoms. The predicted molar refractivity (Wildman–Crippen MR) is 104 cm³/mol. The average molecular weight is 327 g/mol. The van der Waals surface area contributed by atoms with Crippen LogP contribution >= 0.6 is 0 Å². The van der Waals surface area contributed by atoms with Gasteiger partial charge in [0, 0.05) is 26.2 Å². The first-order valence-corrected chi connectivity index (χ1v) is 9.72. The van der Waals surface area contributed by atoms with Crippen molar-refractivity contribution in [3.63, 3.8) is 0 Å². The predicted octanol–water partition coefficient (Wildman–Crippen LogP) is 3.03. The Morgan fingerprint density at radius 2 is 1.09 bits per heavy atom. The minimum Gasteiger partial charge on any atom is -0.437 e. The van der Waals surface area contributed by atoms with E-state index in [-0.39, 0.29) is 7.05 Å². The van der Waals surface area contributed by atoms with Gasteiger partial charge in [-0.25, -0.2) is 0 Å². The number of hydrogen-bond acceptors (Lipinski definition) is 4. The highest BCUT2D eigenvalue weighted by molar-refractivity contribution is 6.45. The number of hydrogen-bond donors (Lipinski definition) is 1. The monoisotopic (exact) mass is 327 g/mol. The van der Waals surface area contributed by atoms with Crippen molar-refractivity contribution < 1.29 is 5.02 Å². The molecule has 4 nitrogen and oxygen atoms in total. The largest absolute Gasteiger partial charge is 0.437 e. The highest BCUT2D eigenvalue weighted by atomic mass is 16.2. The lowest BCUT2D eigenvalue weighted by atomic mass is 9.86. The third-order valence-electron chi connectivity index (χ3n) is 4.73. The number of rotatable bonds is 16. The smallest absolute Gasteiger partial charge is 0.376 e. The second-order valence-electron chi connectivity index (χ2n) is 7.19. The van der Waals surface area contributed by atoms with Crippen molar-refractivity contribution in [1.82, 2.24) is 14.6 Å². The van der Waals surface area contributed by atoms with E-state index in [0.717, 1.165) is 26.2 Å². The quantitative estimate of drug-likeness (QED) is 0.349. The van der Waals surface area contributed by atoms with Gasteiger partial charge in [0.1, 0.15) is 0 Å². The van der Waals surface area contributed by atoms with Crippen LogP contribution in [0.4, 0.5) is 0 Å². The zero-order valence-corrected chi connectivity index (χ0v) is 16.6. The SMILES string of the molecule is CCCCCCCCCCN(C)CCN(C)CCN(C)B(C)O. The highest BCUT2D eigenvalue weighted by Gasteiger charge is 2.11. The van der Waals surface area contributed by atoms with Gasteiger partial charge in [-0.3, -0.25) is 0 Å². The Morgan fingerprint density at radius 3 is 1.61 bits per heavy atom. The van der Waals surface area contributed by atoms with Crippen LogP contribution in [-0.2, 0) is 0 Å². The van der Waals surface area contributed by atoms with Crippen molar-refractivity contribution in [2.45, 2.75) is 65.1 Å².